The van der Waals surface area contributed by atoms with Crippen molar-refractivity contribution in [2.45, 2.75) is 65.3 Å². The molecule has 1 saturated heterocycles. The summed E-state index contributed by atoms with van der Waals surface area (Å²) in [6.07, 6.45) is -0.460. The van der Waals surface area contributed by atoms with Crippen LogP contribution < -0.4 is 10.6 Å². The molecular formula is C24H34N4O3S. The van der Waals surface area contributed by atoms with Crippen molar-refractivity contribution < 1.29 is 14.7 Å². The Kier molecular flexibility index (Phi) is 7.37. The fraction of sp³-hybridized carbons (Fsp3) is 0.542. The van der Waals surface area contributed by atoms with Crippen LogP contribution in [-0.2, 0) is 9.59 Å². The van der Waals surface area contributed by atoms with E-state index in [4.69, 9.17) is 0 Å². The number of hydrogen-bond donors (Lipinski definition) is 3. The van der Waals surface area contributed by atoms with Gasteiger partial charge in [-0.15, -0.1) is 11.3 Å². The number of carbonyl (C=O) groups excluding carboxylic acids is 2. The molecule has 3 rings (SSSR count). The average Bonchev–Trinajstić information content (AvgIpc) is 3.33. The number of aryl methyl sites for hydroxylation is 1. The smallest absolute Gasteiger partial charge is 0.243 e. The number of hydrogen-bond acceptors (Lipinski definition) is 6. The number of aromatic nitrogens is 1. The first-order chi connectivity index (χ1) is 15.0. The Morgan fingerprint density at radius 1 is 1.25 bits per heavy atom. The zero-order valence-electron chi connectivity index (χ0n) is 19.7. The number of nitrogens with zero attached hydrogens (tertiary/aromatic N) is 2. The van der Waals surface area contributed by atoms with Crippen molar-refractivity contribution in [3.05, 3.63) is 41.0 Å². The van der Waals surface area contributed by atoms with Gasteiger partial charge in [0, 0.05) is 13.0 Å². The lowest BCUT2D eigenvalue weighted by Gasteiger charge is -2.34. The summed E-state index contributed by atoms with van der Waals surface area (Å²) in [6, 6.07) is 6.73. The van der Waals surface area contributed by atoms with Crippen molar-refractivity contribution >= 4 is 23.2 Å². The van der Waals surface area contributed by atoms with Crippen LogP contribution in [0.3, 0.4) is 0 Å². The van der Waals surface area contributed by atoms with Crippen LogP contribution in [0.5, 0.6) is 0 Å². The fourth-order valence-corrected chi connectivity index (χ4v) is 5.11. The largest absolute Gasteiger partial charge is 0.391 e. The van der Waals surface area contributed by atoms with Gasteiger partial charge in [-0.05, 0) is 37.4 Å². The van der Waals surface area contributed by atoms with E-state index in [1.165, 1.54) is 4.90 Å². The molecule has 1 aliphatic rings. The van der Waals surface area contributed by atoms with Crippen LogP contribution >= 0.6 is 11.3 Å². The van der Waals surface area contributed by atoms with Gasteiger partial charge in [-0.25, -0.2) is 4.98 Å². The molecule has 174 valence electrons. The van der Waals surface area contributed by atoms with E-state index in [9.17, 15) is 14.7 Å². The third-order valence-electron chi connectivity index (χ3n) is 6.04. The third kappa shape index (κ3) is 5.19. The summed E-state index contributed by atoms with van der Waals surface area (Å²) >= 11 is 1.61. The number of nitrogens with one attached hydrogen (secondary N) is 2. The van der Waals surface area contributed by atoms with Crippen LogP contribution in [0.2, 0.25) is 0 Å². The Bertz CT molecular complexity index is 951. The Balaban J connectivity index is 1.70. The zero-order chi connectivity index (χ0) is 23.6. The van der Waals surface area contributed by atoms with Crippen molar-refractivity contribution in [1.82, 2.24) is 20.5 Å². The van der Waals surface area contributed by atoms with Crippen molar-refractivity contribution in [2.24, 2.45) is 5.41 Å². The van der Waals surface area contributed by atoms with Gasteiger partial charge in [0.05, 0.1) is 34.3 Å². The van der Waals surface area contributed by atoms with Gasteiger partial charge in [0.1, 0.15) is 6.04 Å². The van der Waals surface area contributed by atoms with Gasteiger partial charge in [0.25, 0.3) is 0 Å². The number of β-amino-alcohol motifs (C(OH)–C–C–N with tert-alkyl or cyclic N) is 1. The second-order valence-electron chi connectivity index (χ2n) is 9.60. The van der Waals surface area contributed by atoms with Crippen LogP contribution in [0.4, 0.5) is 0 Å². The van der Waals surface area contributed by atoms with Crippen LogP contribution in [0.1, 0.15) is 51.4 Å². The number of thiazole rings is 1. The van der Waals surface area contributed by atoms with E-state index in [0.29, 0.717) is 0 Å². The summed E-state index contributed by atoms with van der Waals surface area (Å²) in [5, 5.41) is 16.3. The van der Waals surface area contributed by atoms with Gasteiger partial charge in [-0.3, -0.25) is 9.59 Å². The summed E-state index contributed by atoms with van der Waals surface area (Å²) in [7, 11) is 1.74. The van der Waals surface area contributed by atoms with Crippen LogP contribution in [0.25, 0.3) is 10.4 Å². The van der Waals surface area contributed by atoms with Gasteiger partial charge in [0.2, 0.25) is 11.8 Å². The van der Waals surface area contributed by atoms with E-state index in [-0.39, 0.29) is 36.2 Å². The number of benzene rings is 1. The van der Waals surface area contributed by atoms with E-state index in [1.807, 2.05) is 64.4 Å². The molecule has 2 aromatic rings. The predicted molar refractivity (Wildman–Crippen MR) is 127 cm³/mol. The highest BCUT2D eigenvalue weighted by Crippen LogP contribution is 2.29. The molecule has 32 heavy (non-hydrogen) atoms. The SMILES string of the molecule is CNC(C(=O)N1C[C@H](O)C[C@H]1C(=O)NC(C)c1ccc(-c2scnc2C)cc1)C(C)(C)C. The number of carbonyl (C=O) groups is 2. The zero-order valence-corrected chi connectivity index (χ0v) is 20.5. The molecule has 8 heteroatoms. The molecule has 0 saturated carbocycles. The minimum absolute atomic E-state index is 0.159. The van der Waals surface area contributed by atoms with Gasteiger partial charge in [-0.2, -0.15) is 0 Å². The van der Waals surface area contributed by atoms with Gasteiger partial charge in [0.15, 0.2) is 0 Å². The number of aliphatic hydroxyl groups is 1. The quantitative estimate of drug-likeness (QED) is 0.619. The van der Waals surface area contributed by atoms with Crippen LogP contribution in [0.15, 0.2) is 29.8 Å². The lowest BCUT2D eigenvalue weighted by Crippen LogP contribution is -2.56. The first kappa shape index (κ1) is 24.4. The second kappa shape index (κ2) is 9.68. The molecule has 0 spiro atoms. The van der Waals surface area contributed by atoms with Crippen molar-refractivity contribution in [1.29, 1.82) is 0 Å². The number of likely N-dealkylation sites (tertiary alicyclic amines) is 1. The predicted octanol–water partition coefficient (Wildman–Crippen LogP) is 2.89. The minimum Gasteiger partial charge on any atom is -0.391 e. The number of rotatable bonds is 6. The van der Waals surface area contributed by atoms with Gasteiger partial charge < -0.3 is 20.6 Å². The molecule has 3 N–H and O–H groups in total. The molecule has 2 unspecified atom stereocenters. The van der Waals surface area contributed by atoms with E-state index in [1.54, 1.807) is 18.4 Å². The second-order valence-corrected chi connectivity index (χ2v) is 10.5. The maximum absolute atomic E-state index is 13.2. The molecule has 2 heterocycles. The topological polar surface area (TPSA) is 94.6 Å². The van der Waals surface area contributed by atoms with E-state index in [2.05, 4.69) is 15.6 Å². The monoisotopic (exact) mass is 458 g/mol. The first-order valence-electron chi connectivity index (χ1n) is 11.0. The van der Waals surface area contributed by atoms with Crippen molar-refractivity contribution in [2.75, 3.05) is 13.6 Å². The molecule has 1 aromatic heterocycles. The van der Waals surface area contributed by atoms with Crippen molar-refractivity contribution in [3.8, 4) is 10.4 Å². The average molecular weight is 459 g/mol. The molecule has 1 fully saturated rings. The third-order valence-corrected chi connectivity index (χ3v) is 7.02. The fourth-order valence-electron chi connectivity index (χ4n) is 4.29. The molecule has 0 bridgehead atoms. The summed E-state index contributed by atoms with van der Waals surface area (Å²) in [5.41, 5.74) is 4.60. The van der Waals surface area contributed by atoms with Crippen molar-refractivity contribution in [3.63, 3.8) is 0 Å². The Hall–Kier alpha value is -2.29. The van der Waals surface area contributed by atoms with Crippen LogP contribution in [-0.4, -0.2) is 58.6 Å². The first-order valence-corrected chi connectivity index (χ1v) is 11.9. The normalized spacial score (nSPS) is 20.8. The van der Waals surface area contributed by atoms with E-state index >= 15 is 0 Å². The maximum atomic E-state index is 13.2. The van der Waals surface area contributed by atoms with E-state index in [0.717, 1.165) is 21.7 Å². The van der Waals surface area contributed by atoms with Gasteiger partial charge in [-0.1, -0.05) is 45.0 Å². The highest BCUT2D eigenvalue weighted by Gasteiger charge is 2.43. The molecule has 2 amide bonds. The summed E-state index contributed by atoms with van der Waals surface area (Å²) < 4.78 is 0. The Morgan fingerprint density at radius 3 is 2.44 bits per heavy atom. The number of amides is 2. The van der Waals surface area contributed by atoms with E-state index < -0.39 is 18.2 Å². The highest BCUT2D eigenvalue weighted by atomic mass is 32.1. The number of likely N-dealkylation sites (N-methyl/N-ethyl adjacent to an activating group) is 1. The van der Waals surface area contributed by atoms with Gasteiger partial charge >= 0.3 is 0 Å². The minimum atomic E-state index is -0.704. The maximum Gasteiger partial charge on any atom is 0.243 e. The molecule has 4 atom stereocenters. The number of aliphatic hydroxyl groups excluding tert-OH is 1. The summed E-state index contributed by atoms with van der Waals surface area (Å²) in [6.45, 7) is 10.0. The van der Waals surface area contributed by atoms with Crippen LogP contribution in [0, 0.1) is 12.3 Å². The molecule has 7 nitrogen and oxygen atoms in total. The molecule has 1 aromatic carbocycles. The standard InChI is InChI=1S/C24H34N4O3S/c1-14(16-7-9-17(10-8-16)20-15(2)26-13-32-20)27-22(30)19-11-18(29)12-28(19)23(31)21(25-6)24(3,4)5/h7-10,13-14,18-19,21,25,29H,11-12H2,1-6H3,(H,27,30)/t14?,18-,19+,21?/m1/s1. The molecule has 0 aliphatic carbocycles. The lowest BCUT2D eigenvalue weighted by molar-refractivity contribution is -0.142. The Morgan fingerprint density at radius 2 is 1.91 bits per heavy atom. The Labute approximate surface area is 194 Å². The molecular weight excluding hydrogens is 424 g/mol. The summed E-state index contributed by atoms with van der Waals surface area (Å²) in [4.78, 5) is 33.3. The highest BCUT2D eigenvalue weighted by molar-refractivity contribution is 7.13. The molecule has 0 radical (unpaired) electrons. The summed E-state index contributed by atoms with van der Waals surface area (Å²) in [5.74, 6) is -0.401. The molecule has 1 aliphatic heterocycles. The lowest BCUT2D eigenvalue weighted by atomic mass is 9.86.